The van der Waals surface area contributed by atoms with E-state index < -0.39 is 0 Å². The smallest absolute Gasteiger partial charge is 0.258 e. The second kappa shape index (κ2) is 7.36. The number of rotatable bonds is 6. The van der Waals surface area contributed by atoms with Crippen LogP contribution in [0.15, 0.2) is 29.1 Å². The second-order valence-electron chi connectivity index (χ2n) is 4.95. The molecular formula is C16H18N4O2. The van der Waals surface area contributed by atoms with Crippen molar-refractivity contribution >= 4 is 16.8 Å². The Labute approximate surface area is 128 Å². The predicted octanol–water partition coefficient (Wildman–Crippen LogP) is 1.62. The fourth-order valence-corrected chi connectivity index (χ4v) is 2.28. The molecule has 114 valence electrons. The number of aromatic amines is 1. The van der Waals surface area contributed by atoms with Crippen LogP contribution in [0, 0.1) is 11.3 Å². The van der Waals surface area contributed by atoms with Gasteiger partial charge < -0.3 is 9.88 Å². The number of nitrogens with zero attached hydrogens (tertiary/aromatic N) is 3. The molecule has 0 unspecified atom stereocenters. The molecule has 1 aromatic heterocycles. The van der Waals surface area contributed by atoms with E-state index in [4.69, 9.17) is 5.26 Å². The molecular weight excluding hydrogens is 280 g/mol. The van der Waals surface area contributed by atoms with Gasteiger partial charge in [-0.2, -0.15) is 5.26 Å². The summed E-state index contributed by atoms with van der Waals surface area (Å²) in [6, 6.07) is 9.14. The standard InChI is InChI=1S/C16H18N4O2/c1-2-20(11-10-17)15(21)9-5-8-14-18-13-7-4-3-6-12(13)16(22)19-14/h3-4,6-7H,2,5,8-9,11H2,1H3,(H,18,19,22). The summed E-state index contributed by atoms with van der Waals surface area (Å²) in [5, 5.41) is 9.22. The highest BCUT2D eigenvalue weighted by Gasteiger charge is 2.11. The summed E-state index contributed by atoms with van der Waals surface area (Å²) >= 11 is 0. The molecule has 0 saturated heterocycles. The summed E-state index contributed by atoms with van der Waals surface area (Å²) in [5.41, 5.74) is 0.499. The molecule has 0 aliphatic rings. The molecule has 6 heteroatoms. The lowest BCUT2D eigenvalue weighted by atomic mass is 10.2. The lowest BCUT2D eigenvalue weighted by Gasteiger charge is -2.16. The molecule has 2 aromatic rings. The van der Waals surface area contributed by atoms with E-state index in [0.29, 0.717) is 42.5 Å². The summed E-state index contributed by atoms with van der Waals surface area (Å²) in [5.74, 6) is 0.534. The Morgan fingerprint density at radius 3 is 2.91 bits per heavy atom. The summed E-state index contributed by atoms with van der Waals surface area (Å²) in [6.45, 7) is 2.48. The molecule has 0 saturated carbocycles. The zero-order valence-corrected chi connectivity index (χ0v) is 12.5. The number of H-pyrrole nitrogens is 1. The summed E-state index contributed by atoms with van der Waals surface area (Å²) in [4.78, 5) is 32.5. The van der Waals surface area contributed by atoms with Crippen molar-refractivity contribution in [2.24, 2.45) is 0 Å². The molecule has 6 nitrogen and oxygen atoms in total. The molecule has 0 radical (unpaired) electrons. The number of aryl methyl sites for hydroxylation is 1. The number of fused-ring (bicyclic) bond motifs is 1. The zero-order valence-electron chi connectivity index (χ0n) is 12.5. The lowest BCUT2D eigenvalue weighted by Crippen LogP contribution is -2.31. The van der Waals surface area contributed by atoms with E-state index >= 15 is 0 Å². The SMILES string of the molecule is CCN(CC#N)C(=O)CCCc1nc2ccccc2c(=O)[nH]1. The third-order valence-corrected chi connectivity index (χ3v) is 3.46. The second-order valence-corrected chi connectivity index (χ2v) is 4.95. The highest BCUT2D eigenvalue weighted by molar-refractivity contribution is 5.77. The number of para-hydroxylation sites is 1. The van der Waals surface area contributed by atoms with E-state index in [1.807, 2.05) is 19.1 Å². The van der Waals surface area contributed by atoms with Gasteiger partial charge in [0.2, 0.25) is 5.91 Å². The van der Waals surface area contributed by atoms with Gasteiger partial charge in [0.05, 0.1) is 17.0 Å². The highest BCUT2D eigenvalue weighted by Crippen LogP contribution is 2.08. The van der Waals surface area contributed by atoms with Crippen LogP contribution in [-0.4, -0.2) is 33.9 Å². The van der Waals surface area contributed by atoms with Crippen molar-refractivity contribution in [3.63, 3.8) is 0 Å². The van der Waals surface area contributed by atoms with Crippen LogP contribution in [0.4, 0.5) is 0 Å². The van der Waals surface area contributed by atoms with Crippen LogP contribution >= 0.6 is 0 Å². The molecule has 22 heavy (non-hydrogen) atoms. The van der Waals surface area contributed by atoms with Crippen molar-refractivity contribution in [2.45, 2.75) is 26.2 Å². The Balaban J connectivity index is 1.99. The molecule has 0 aliphatic heterocycles. The molecule has 2 rings (SSSR count). The summed E-state index contributed by atoms with van der Waals surface area (Å²) in [7, 11) is 0. The van der Waals surface area contributed by atoms with Crippen molar-refractivity contribution in [3.8, 4) is 6.07 Å². The van der Waals surface area contributed by atoms with Gasteiger partial charge in [0.1, 0.15) is 12.4 Å². The van der Waals surface area contributed by atoms with Gasteiger partial charge >= 0.3 is 0 Å². The van der Waals surface area contributed by atoms with Crippen LogP contribution in [0.25, 0.3) is 10.9 Å². The minimum Gasteiger partial charge on any atom is -0.330 e. The zero-order chi connectivity index (χ0) is 15.9. The Bertz CT molecular complexity index is 761. The van der Waals surface area contributed by atoms with Crippen molar-refractivity contribution in [3.05, 3.63) is 40.4 Å². The topological polar surface area (TPSA) is 89.8 Å². The normalized spacial score (nSPS) is 10.4. The van der Waals surface area contributed by atoms with E-state index in [0.717, 1.165) is 0 Å². The lowest BCUT2D eigenvalue weighted by molar-refractivity contribution is -0.130. The van der Waals surface area contributed by atoms with Gasteiger partial charge in [0.25, 0.3) is 5.56 Å². The average molecular weight is 298 g/mol. The first-order valence-corrected chi connectivity index (χ1v) is 7.28. The van der Waals surface area contributed by atoms with Crippen molar-refractivity contribution in [1.82, 2.24) is 14.9 Å². The maximum Gasteiger partial charge on any atom is 0.258 e. The van der Waals surface area contributed by atoms with E-state index in [1.54, 1.807) is 18.2 Å². The van der Waals surface area contributed by atoms with Crippen LogP contribution in [0.3, 0.4) is 0 Å². The number of hydrogen-bond donors (Lipinski definition) is 1. The molecule has 0 bridgehead atoms. The van der Waals surface area contributed by atoms with Gasteiger partial charge in [-0.15, -0.1) is 0 Å². The van der Waals surface area contributed by atoms with Crippen molar-refractivity contribution in [2.75, 3.05) is 13.1 Å². The largest absolute Gasteiger partial charge is 0.330 e. The molecule has 0 atom stereocenters. The maximum absolute atomic E-state index is 11.9. The fourth-order valence-electron chi connectivity index (χ4n) is 2.28. The molecule has 1 N–H and O–H groups in total. The van der Waals surface area contributed by atoms with E-state index in [2.05, 4.69) is 9.97 Å². The molecule has 0 spiro atoms. The summed E-state index contributed by atoms with van der Waals surface area (Å²) < 4.78 is 0. The van der Waals surface area contributed by atoms with Crippen molar-refractivity contribution < 1.29 is 4.79 Å². The summed E-state index contributed by atoms with van der Waals surface area (Å²) in [6.07, 6.45) is 1.45. The number of nitriles is 1. The van der Waals surface area contributed by atoms with E-state index in [9.17, 15) is 9.59 Å². The Hall–Kier alpha value is -2.68. The molecule has 0 aliphatic carbocycles. The minimum absolute atomic E-state index is 0.0489. The third kappa shape index (κ3) is 3.70. The average Bonchev–Trinajstić information content (AvgIpc) is 2.52. The molecule has 1 amide bonds. The number of hydrogen-bond acceptors (Lipinski definition) is 4. The molecule has 1 heterocycles. The van der Waals surface area contributed by atoms with Gasteiger partial charge in [-0.25, -0.2) is 4.98 Å². The highest BCUT2D eigenvalue weighted by atomic mass is 16.2. The number of amides is 1. The maximum atomic E-state index is 11.9. The van der Waals surface area contributed by atoms with E-state index in [-0.39, 0.29) is 18.0 Å². The van der Waals surface area contributed by atoms with Crippen LogP contribution in [0.5, 0.6) is 0 Å². The Kier molecular flexibility index (Phi) is 5.26. The van der Waals surface area contributed by atoms with Crippen LogP contribution in [0.1, 0.15) is 25.6 Å². The Morgan fingerprint density at radius 2 is 2.18 bits per heavy atom. The van der Waals surface area contributed by atoms with Gasteiger partial charge in [0, 0.05) is 19.4 Å². The van der Waals surface area contributed by atoms with Gasteiger partial charge in [-0.05, 0) is 25.5 Å². The first-order valence-electron chi connectivity index (χ1n) is 7.28. The third-order valence-electron chi connectivity index (χ3n) is 3.46. The number of carbonyl (C=O) groups is 1. The van der Waals surface area contributed by atoms with Crippen LogP contribution in [-0.2, 0) is 11.2 Å². The van der Waals surface area contributed by atoms with Gasteiger partial charge in [-0.3, -0.25) is 9.59 Å². The first kappa shape index (κ1) is 15.7. The fraction of sp³-hybridized carbons (Fsp3) is 0.375. The molecule has 0 fully saturated rings. The van der Waals surface area contributed by atoms with Crippen LogP contribution in [0.2, 0.25) is 0 Å². The van der Waals surface area contributed by atoms with Crippen molar-refractivity contribution in [1.29, 1.82) is 5.26 Å². The van der Waals surface area contributed by atoms with Gasteiger partial charge in [-0.1, -0.05) is 12.1 Å². The minimum atomic E-state index is -0.161. The quantitative estimate of drug-likeness (QED) is 0.820. The number of nitrogens with one attached hydrogen (secondary N) is 1. The number of carbonyl (C=O) groups excluding carboxylic acids is 1. The van der Waals surface area contributed by atoms with Crippen LogP contribution < -0.4 is 5.56 Å². The van der Waals surface area contributed by atoms with Gasteiger partial charge in [0.15, 0.2) is 0 Å². The van der Waals surface area contributed by atoms with E-state index in [1.165, 1.54) is 4.90 Å². The predicted molar refractivity (Wildman–Crippen MR) is 83.2 cm³/mol. The number of benzene rings is 1. The Morgan fingerprint density at radius 1 is 1.41 bits per heavy atom. The monoisotopic (exact) mass is 298 g/mol. The molecule has 1 aromatic carbocycles. The number of aromatic nitrogens is 2. The first-order chi connectivity index (χ1) is 10.7.